The molecule has 0 atom stereocenters. The second-order valence-corrected chi connectivity index (χ2v) is 5.37. The molecule has 0 fully saturated rings. The summed E-state index contributed by atoms with van der Waals surface area (Å²) in [5.41, 5.74) is 6.60. The third-order valence-electron chi connectivity index (χ3n) is 2.30. The van der Waals surface area contributed by atoms with E-state index < -0.39 is 0 Å². The van der Waals surface area contributed by atoms with Crippen LogP contribution in [0.2, 0.25) is 5.02 Å². The summed E-state index contributed by atoms with van der Waals surface area (Å²) in [5.74, 6) is 1.56. The molecule has 2 rings (SSSR count). The molecule has 2 aromatic rings. The summed E-state index contributed by atoms with van der Waals surface area (Å²) in [5, 5.41) is 7.01. The first-order valence-corrected chi connectivity index (χ1v) is 7.14. The summed E-state index contributed by atoms with van der Waals surface area (Å²) < 4.78 is 1.01. The number of nitrogens with zero attached hydrogens (tertiary/aromatic N) is 2. The van der Waals surface area contributed by atoms with E-state index in [0.29, 0.717) is 16.7 Å². The Kier molecular flexibility index (Phi) is 4.65. The molecule has 5 nitrogen and oxygen atoms in total. The van der Waals surface area contributed by atoms with Gasteiger partial charge in [0.05, 0.1) is 5.69 Å². The smallest absolute Gasteiger partial charge is 0.223 e. The minimum atomic E-state index is 0.227. The lowest BCUT2D eigenvalue weighted by molar-refractivity contribution is 1.12. The van der Waals surface area contributed by atoms with Crippen molar-refractivity contribution >= 4 is 57.5 Å². The fraction of sp³-hybridized carbons (Fsp3) is 0.167. The number of hydrogen-bond donors (Lipinski definition) is 3. The number of nitrogens with one attached hydrogen (secondary N) is 2. The maximum atomic E-state index is 5.92. The van der Waals surface area contributed by atoms with Crippen LogP contribution in [0.25, 0.3) is 0 Å². The van der Waals surface area contributed by atoms with E-state index in [1.165, 1.54) is 0 Å². The van der Waals surface area contributed by atoms with Crippen LogP contribution in [-0.2, 0) is 0 Å². The molecule has 19 heavy (non-hydrogen) atoms. The average molecular weight is 390 g/mol. The molecular formula is C12H13ClIN5. The lowest BCUT2D eigenvalue weighted by Crippen LogP contribution is -2.06. The van der Waals surface area contributed by atoms with Crippen molar-refractivity contribution < 1.29 is 0 Å². The van der Waals surface area contributed by atoms with Gasteiger partial charge in [-0.2, -0.15) is 9.97 Å². The predicted molar refractivity (Wildman–Crippen MR) is 88.1 cm³/mol. The number of nitrogens with two attached hydrogens (primary N) is 1. The van der Waals surface area contributed by atoms with Crippen LogP contribution in [0.4, 0.5) is 23.3 Å². The van der Waals surface area contributed by atoms with Gasteiger partial charge in [0.25, 0.3) is 0 Å². The minimum Gasteiger partial charge on any atom is -0.370 e. The SMILES string of the molecule is CCNc1cc(Nc2ccc(Cl)cc2I)nc(N)n1. The summed E-state index contributed by atoms with van der Waals surface area (Å²) in [7, 11) is 0. The van der Waals surface area contributed by atoms with E-state index in [-0.39, 0.29) is 5.95 Å². The molecule has 0 aliphatic rings. The Balaban J connectivity index is 2.27. The number of aromatic nitrogens is 2. The Morgan fingerprint density at radius 1 is 1.26 bits per heavy atom. The third kappa shape index (κ3) is 3.84. The predicted octanol–water partition coefficient (Wildman–Crippen LogP) is 3.49. The van der Waals surface area contributed by atoms with Gasteiger partial charge in [0.2, 0.25) is 5.95 Å². The Bertz CT molecular complexity index is 590. The number of nitrogen functional groups attached to an aromatic ring is 1. The highest BCUT2D eigenvalue weighted by atomic mass is 127. The zero-order valence-electron chi connectivity index (χ0n) is 10.2. The Labute approximate surface area is 130 Å². The number of rotatable bonds is 4. The topological polar surface area (TPSA) is 75.9 Å². The van der Waals surface area contributed by atoms with Gasteiger partial charge >= 0.3 is 0 Å². The van der Waals surface area contributed by atoms with Gasteiger partial charge in [0.15, 0.2) is 0 Å². The second-order valence-electron chi connectivity index (χ2n) is 3.78. The maximum Gasteiger partial charge on any atom is 0.223 e. The lowest BCUT2D eigenvalue weighted by atomic mass is 10.3. The van der Waals surface area contributed by atoms with Crippen molar-refractivity contribution in [3.05, 3.63) is 32.9 Å². The first-order valence-electron chi connectivity index (χ1n) is 5.69. The molecule has 0 saturated heterocycles. The number of anilines is 4. The minimum absolute atomic E-state index is 0.227. The van der Waals surface area contributed by atoms with E-state index >= 15 is 0 Å². The van der Waals surface area contributed by atoms with Gasteiger partial charge in [-0.1, -0.05) is 11.6 Å². The molecule has 0 aliphatic heterocycles. The molecular weight excluding hydrogens is 377 g/mol. The molecule has 0 amide bonds. The fourth-order valence-electron chi connectivity index (χ4n) is 1.53. The van der Waals surface area contributed by atoms with Crippen molar-refractivity contribution in [1.82, 2.24) is 9.97 Å². The van der Waals surface area contributed by atoms with Crippen LogP contribution in [0, 0.1) is 3.57 Å². The first kappa shape index (κ1) is 14.1. The molecule has 0 aliphatic carbocycles. The van der Waals surface area contributed by atoms with Gasteiger partial charge in [-0.3, -0.25) is 0 Å². The molecule has 1 aromatic heterocycles. The van der Waals surface area contributed by atoms with Crippen LogP contribution in [-0.4, -0.2) is 16.5 Å². The Hall–Kier alpha value is -1.28. The quantitative estimate of drug-likeness (QED) is 0.698. The molecule has 1 aromatic carbocycles. The van der Waals surface area contributed by atoms with Gasteiger partial charge in [-0.05, 0) is 47.7 Å². The number of hydrogen-bond acceptors (Lipinski definition) is 5. The largest absolute Gasteiger partial charge is 0.370 e. The van der Waals surface area contributed by atoms with Crippen LogP contribution in [0.15, 0.2) is 24.3 Å². The molecule has 0 radical (unpaired) electrons. The molecule has 100 valence electrons. The summed E-state index contributed by atoms with van der Waals surface area (Å²) in [6.45, 7) is 2.77. The second kappa shape index (κ2) is 6.25. The summed E-state index contributed by atoms with van der Waals surface area (Å²) in [6.07, 6.45) is 0. The maximum absolute atomic E-state index is 5.92. The van der Waals surface area contributed by atoms with Crippen molar-refractivity contribution in [2.24, 2.45) is 0 Å². The molecule has 0 spiro atoms. The lowest BCUT2D eigenvalue weighted by Gasteiger charge is -2.10. The average Bonchev–Trinajstić information content (AvgIpc) is 2.32. The van der Waals surface area contributed by atoms with E-state index in [9.17, 15) is 0 Å². The van der Waals surface area contributed by atoms with Gasteiger partial charge in [-0.25, -0.2) is 0 Å². The van der Waals surface area contributed by atoms with Crippen LogP contribution in [0.1, 0.15) is 6.92 Å². The van der Waals surface area contributed by atoms with Crippen molar-refractivity contribution in [3.8, 4) is 0 Å². The summed E-state index contributed by atoms with van der Waals surface area (Å²) in [4.78, 5) is 8.25. The van der Waals surface area contributed by atoms with Gasteiger partial charge in [0, 0.05) is 21.2 Å². The van der Waals surface area contributed by atoms with E-state index in [4.69, 9.17) is 17.3 Å². The van der Waals surface area contributed by atoms with Crippen molar-refractivity contribution in [1.29, 1.82) is 0 Å². The fourth-order valence-corrected chi connectivity index (χ4v) is 2.54. The van der Waals surface area contributed by atoms with E-state index in [1.54, 1.807) is 0 Å². The summed E-state index contributed by atoms with van der Waals surface area (Å²) in [6, 6.07) is 7.40. The van der Waals surface area contributed by atoms with E-state index in [0.717, 1.165) is 15.8 Å². The third-order valence-corrected chi connectivity index (χ3v) is 3.42. The Morgan fingerprint density at radius 2 is 2.00 bits per heavy atom. The van der Waals surface area contributed by atoms with Crippen LogP contribution >= 0.6 is 34.2 Å². The molecule has 4 N–H and O–H groups in total. The number of halogens is 2. The van der Waals surface area contributed by atoms with Crippen LogP contribution < -0.4 is 16.4 Å². The van der Waals surface area contributed by atoms with E-state index in [1.807, 2.05) is 31.2 Å². The van der Waals surface area contributed by atoms with Gasteiger partial charge < -0.3 is 16.4 Å². The molecule has 0 bridgehead atoms. The zero-order valence-corrected chi connectivity index (χ0v) is 13.2. The van der Waals surface area contributed by atoms with Gasteiger partial charge in [-0.15, -0.1) is 0 Å². The zero-order chi connectivity index (χ0) is 13.8. The van der Waals surface area contributed by atoms with Crippen molar-refractivity contribution in [2.75, 3.05) is 22.9 Å². The Morgan fingerprint density at radius 3 is 2.68 bits per heavy atom. The van der Waals surface area contributed by atoms with Crippen LogP contribution in [0.3, 0.4) is 0 Å². The molecule has 7 heteroatoms. The normalized spacial score (nSPS) is 10.3. The number of benzene rings is 1. The molecule has 0 saturated carbocycles. The standard InChI is InChI=1S/C12H13ClIN5/c1-2-16-10-6-11(19-12(15)18-10)17-9-4-3-7(13)5-8(9)14/h3-6H,2H2,1H3,(H4,15,16,17,18,19). The molecule has 1 heterocycles. The highest BCUT2D eigenvalue weighted by Gasteiger charge is 2.05. The summed E-state index contributed by atoms with van der Waals surface area (Å²) >= 11 is 8.13. The first-order chi connectivity index (χ1) is 9.08. The van der Waals surface area contributed by atoms with Crippen molar-refractivity contribution in [2.45, 2.75) is 6.92 Å². The highest BCUT2D eigenvalue weighted by molar-refractivity contribution is 14.1. The van der Waals surface area contributed by atoms with Crippen LogP contribution in [0.5, 0.6) is 0 Å². The monoisotopic (exact) mass is 389 g/mol. The van der Waals surface area contributed by atoms with E-state index in [2.05, 4.69) is 43.2 Å². The van der Waals surface area contributed by atoms with Crippen molar-refractivity contribution in [3.63, 3.8) is 0 Å². The molecule has 0 unspecified atom stereocenters. The van der Waals surface area contributed by atoms with Gasteiger partial charge in [0.1, 0.15) is 11.6 Å². The highest BCUT2D eigenvalue weighted by Crippen LogP contribution is 2.25.